The summed E-state index contributed by atoms with van der Waals surface area (Å²) in [7, 11) is 0. The van der Waals surface area contributed by atoms with E-state index in [0.29, 0.717) is 6.42 Å². The van der Waals surface area contributed by atoms with Crippen LogP contribution in [-0.4, -0.2) is 70.0 Å². The Morgan fingerprint density at radius 3 is 2.64 bits per heavy atom. The Bertz CT molecular complexity index is 584. The van der Waals surface area contributed by atoms with Crippen molar-refractivity contribution in [2.45, 2.75) is 50.3 Å². The molecule has 3 aliphatic rings. The summed E-state index contributed by atoms with van der Waals surface area (Å²) >= 11 is 0. The lowest BCUT2D eigenvalue weighted by molar-refractivity contribution is -0.340. The Hall–Kier alpha value is -1.49. The molecule has 0 spiro atoms. The molecule has 9 nitrogen and oxygen atoms in total. The van der Waals surface area contributed by atoms with Crippen molar-refractivity contribution in [3.8, 4) is 0 Å². The smallest absolute Gasteiger partial charge is 0.208 e. The molecule has 1 saturated heterocycles. The maximum atomic E-state index is 11.2. The summed E-state index contributed by atoms with van der Waals surface area (Å²) in [5.74, 6) is -2.11. The molecule has 8 atom stereocenters. The van der Waals surface area contributed by atoms with Crippen LogP contribution in [0.5, 0.6) is 0 Å². The number of hydrogen-bond acceptors (Lipinski definition) is 9. The van der Waals surface area contributed by atoms with Gasteiger partial charge in [-0.3, -0.25) is 0 Å². The highest BCUT2D eigenvalue weighted by Gasteiger charge is 2.48. The van der Waals surface area contributed by atoms with Crippen LogP contribution in [0.25, 0.3) is 0 Å². The topological polar surface area (TPSA) is 149 Å². The zero-order valence-electron chi connectivity index (χ0n) is 13.5. The van der Waals surface area contributed by atoms with E-state index < -0.39 is 55.5 Å². The van der Waals surface area contributed by atoms with Gasteiger partial charge in [0, 0.05) is 17.4 Å². The van der Waals surface area contributed by atoms with Gasteiger partial charge >= 0.3 is 0 Å². The van der Waals surface area contributed by atoms with Gasteiger partial charge in [0.2, 0.25) is 6.29 Å². The molecule has 3 rings (SSSR count). The highest BCUT2D eigenvalue weighted by molar-refractivity contribution is 5.85. The third-order valence-corrected chi connectivity index (χ3v) is 5.03. The molecule has 0 amide bonds. The first-order chi connectivity index (χ1) is 11.8. The molecule has 1 fully saturated rings. The van der Waals surface area contributed by atoms with E-state index in [1.807, 2.05) is 13.0 Å². The first-order valence-corrected chi connectivity index (χ1v) is 8.04. The fourth-order valence-corrected chi connectivity index (χ4v) is 3.58. The van der Waals surface area contributed by atoms with Crippen LogP contribution in [0.4, 0.5) is 0 Å². The summed E-state index contributed by atoms with van der Waals surface area (Å²) in [5.41, 5.74) is 0.901. The number of fused-ring (bicyclic) bond motifs is 1. The normalized spacial score (nSPS) is 43.7. The number of aliphatic hydroxyl groups excluding tert-OH is 4. The molecule has 0 bridgehead atoms. The molecule has 0 aromatic heterocycles. The van der Waals surface area contributed by atoms with Gasteiger partial charge in [-0.15, -0.1) is 0 Å². The number of carboxylic acid groups (broad SMARTS) is 1. The molecule has 0 radical (unpaired) electrons. The second kappa shape index (κ2) is 7.02. The fraction of sp³-hybridized carbons (Fsp3) is 0.688. The van der Waals surface area contributed by atoms with Crippen molar-refractivity contribution in [3.05, 3.63) is 23.5 Å². The van der Waals surface area contributed by atoms with Crippen LogP contribution in [0.3, 0.4) is 0 Å². The standard InChI is InChI=1S/C16H22O9/c1-6-2-3-7-8(14(21)22)5-23-15(10(6)7)25-16-13(20)12(19)11(18)9(4-17)24-16/h2,5,7,9-13,15-20H,3-4H2,1H3,(H,21,22)/p-1/t7-,9-,10-,11-,12+,13-,15+,16+/m1/s1. The van der Waals surface area contributed by atoms with Crippen LogP contribution in [0.2, 0.25) is 0 Å². The number of aliphatic hydroxyl groups is 4. The second-order valence-electron chi connectivity index (χ2n) is 6.51. The third kappa shape index (κ3) is 3.19. The average molecular weight is 357 g/mol. The van der Waals surface area contributed by atoms with Crippen molar-refractivity contribution < 1.29 is 44.5 Å². The molecule has 0 saturated carbocycles. The van der Waals surface area contributed by atoms with Crippen LogP contribution in [-0.2, 0) is 19.0 Å². The number of carboxylic acids is 1. The first-order valence-electron chi connectivity index (χ1n) is 8.04. The molecule has 0 unspecified atom stereocenters. The maximum Gasteiger partial charge on any atom is 0.208 e. The van der Waals surface area contributed by atoms with Crippen LogP contribution in [0.15, 0.2) is 23.5 Å². The van der Waals surface area contributed by atoms with E-state index >= 15 is 0 Å². The Kier molecular flexibility index (Phi) is 5.14. The molecular weight excluding hydrogens is 336 g/mol. The summed E-state index contributed by atoms with van der Waals surface area (Å²) < 4.78 is 16.3. The summed E-state index contributed by atoms with van der Waals surface area (Å²) in [5, 5.41) is 50.2. The summed E-state index contributed by atoms with van der Waals surface area (Å²) in [4.78, 5) is 11.2. The fourth-order valence-electron chi connectivity index (χ4n) is 3.58. The van der Waals surface area contributed by atoms with Gasteiger partial charge in [0.1, 0.15) is 24.4 Å². The molecule has 1 aliphatic carbocycles. The monoisotopic (exact) mass is 357 g/mol. The van der Waals surface area contributed by atoms with Crippen molar-refractivity contribution in [3.63, 3.8) is 0 Å². The van der Waals surface area contributed by atoms with E-state index in [-0.39, 0.29) is 11.5 Å². The van der Waals surface area contributed by atoms with Crippen LogP contribution < -0.4 is 5.11 Å². The SMILES string of the molecule is CC1=CC[C@@H]2C(C(=O)[O-])=CO[C@@H](O[C@@H]3O[C@H](CO)[C@@H](O)[C@H](O)[C@H]3O)[C@H]12. The molecule has 0 aromatic carbocycles. The largest absolute Gasteiger partial charge is 0.545 e. The van der Waals surface area contributed by atoms with Gasteiger partial charge in [-0.1, -0.05) is 11.6 Å². The maximum absolute atomic E-state index is 11.2. The van der Waals surface area contributed by atoms with E-state index in [9.17, 15) is 30.3 Å². The highest BCUT2D eigenvalue weighted by Crippen LogP contribution is 2.43. The lowest BCUT2D eigenvalue weighted by Gasteiger charge is -2.43. The van der Waals surface area contributed by atoms with Crippen molar-refractivity contribution >= 4 is 5.97 Å². The zero-order valence-corrected chi connectivity index (χ0v) is 13.5. The van der Waals surface area contributed by atoms with Gasteiger partial charge in [0.25, 0.3) is 0 Å². The minimum absolute atomic E-state index is 0.0340. The van der Waals surface area contributed by atoms with E-state index in [4.69, 9.17) is 14.2 Å². The second-order valence-corrected chi connectivity index (χ2v) is 6.51. The number of carbonyl (C=O) groups is 1. The highest BCUT2D eigenvalue weighted by atomic mass is 16.8. The van der Waals surface area contributed by atoms with E-state index in [1.165, 1.54) is 0 Å². The quantitative estimate of drug-likeness (QED) is 0.397. The Morgan fingerprint density at radius 1 is 1.28 bits per heavy atom. The Morgan fingerprint density at radius 2 is 2.00 bits per heavy atom. The summed E-state index contributed by atoms with van der Waals surface area (Å²) in [6.07, 6.45) is -4.58. The number of allylic oxidation sites excluding steroid dienone is 1. The van der Waals surface area contributed by atoms with Crippen molar-refractivity contribution in [2.24, 2.45) is 11.8 Å². The molecule has 4 N–H and O–H groups in total. The molecular formula is C16H21O9-. The lowest BCUT2D eigenvalue weighted by atomic mass is 9.84. The average Bonchev–Trinajstić information content (AvgIpc) is 2.97. The van der Waals surface area contributed by atoms with Crippen LogP contribution in [0.1, 0.15) is 13.3 Å². The van der Waals surface area contributed by atoms with E-state index in [2.05, 4.69) is 0 Å². The van der Waals surface area contributed by atoms with Gasteiger partial charge in [0.05, 0.1) is 18.8 Å². The van der Waals surface area contributed by atoms with Crippen LogP contribution >= 0.6 is 0 Å². The first kappa shape index (κ1) is 18.3. The summed E-state index contributed by atoms with van der Waals surface area (Å²) in [6, 6.07) is 0. The van der Waals surface area contributed by atoms with E-state index in [1.54, 1.807) is 0 Å². The Labute approximate surface area is 143 Å². The third-order valence-electron chi connectivity index (χ3n) is 5.03. The summed E-state index contributed by atoms with van der Waals surface area (Å²) in [6.45, 7) is 1.24. The molecule has 25 heavy (non-hydrogen) atoms. The van der Waals surface area contributed by atoms with Gasteiger partial charge in [-0.2, -0.15) is 0 Å². The zero-order chi connectivity index (χ0) is 18.3. The van der Waals surface area contributed by atoms with E-state index in [0.717, 1.165) is 11.8 Å². The van der Waals surface area contributed by atoms with Crippen LogP contribution in [0, 0.1) is 11.8 Å². The lowest BCUT2D eigenvalue weighted by Crippen LogP contribution is -2.60. The minimum atomic E-state index is -1.56. The molecule has 9 heteroatoms. The van der Waals surface area contributed by atoms with Crippen molar-refractivity contribution in [2.75, 3.05) is 6.61 Å². The number of carbonyl (C=O) groups excluding carboxylic acids is 1. The van der Waals surface area contributed by atoms with Gasteiger partial charge in [-0.05, 0) is 13.3 Å². The molecule has 140 valence electrons. The predicted molar refractivity (Wildman–Crippen MR) is 78.2 cm³/mol. The van der Waals surface area contributed by atoms with Crippen molar-refractivity contribution in [1.29, 1.82) is 0 Å². The predicted octanol–water partition coefficient (Wildman–Crippen LogP) is -2.62. The van der Waals surface area contributed by atoms with Crippen molar-refractivity contribution in [1.82, 2.24) is 0 Å². The van der Waals surface area contributed by atoms with Gasteiger partial charge < -0.3 is 44.5 Å². The molecule has 2 heterocycles. The number of hydrogen-bond donors (Lipinski definition) is 4. The molecule has 2 aliphatic heterocycles. The molecule has 0 aromatic rings. The Balaban J connectivity index is 1.78. The van der Waals surface area contributed by atoms with Gasteiger partial charge in [0.15, 0.2) is 6.29 Å². The minimum Gasteiger partial charge on any atom is -0.545 e. The number of rotatable bonds is 4. The number of aliphatic carboxylic acids is 1. The number of ether oxygens (including phenoxy) is 3. The van der Waals surface area contributed by atoms with Gasteiger partial charge in [-0.25, -0.2) is 0 Å².